The van der Waals surface area contributed by atoms with Crippen LogP contribution in [0.5, 0.6) is 5.75 Å². The maximum atomic E-state index is 9.81. The monoisotopic (exact) mass is 231 g/mol. The zero-order valence-electron chi connectivity index (χ0n) is 9.87. The average Bonchev–Trinajstić information content (AvgIpc) is 2.73. The van der Waals surface area contributed by atoms with Crippen LogP contribution in [0.15, 0.2) is 36.7 Å². The van der Waals surface area contributed by atoms with Crippen LogP contribution in [0.2, 0.25) is 0 Å². The van der Waals surface area contributed by atoms with Gasteiger partial charge in [-0.3, -0.25) is 4.68 Å². The van der Waals surface area contributed by atoms with E-state index in [-0.39, 0.29) is 5.92 Å². The Bertz CT molecular complexity index is 493. The fourth-order valence-corrected chi connectivity index (χ4v) is 1.93. The Labute approximate surface area is 101 Å². The standard InChI is InChI=1S/C13H17N3O/c1-10-7-15-16(8-10)9-11(6-14)12-4-2-3-5-13(12)17/h2-5,7-8,11,17H,6,9,14H2,1H3. The normalized spacial score (nSPS) is 12.6. The summed E-state index contributed by atoms with van der Waals surface area (Å²) in [6, 6.07) is 7.31. The number of nitrogens with two attached hydrogens (primary N) is 1. The third-order valence-corrected chi connectivity index (χ3v) is 2.83. The SMILES string of the molecule is Cc1cnn(CC(CN)c2ccccc2O)c1. The summed E-state index contributed by atoms with van der Waals surface area (Å²) >= 11 is 0. The van der Waals surface area contributed by atoms with Gasteiger partial charge in [0.2, 0.25) is 0 Å². The second kappa shape index (κ2) is 5.01. The molecule has 0 radical (unpaired) electrons. The predicted octanol–water partition coefficient (Wildman–Crippen LogP) is 1.64. The first-order valence-corrected chi connectivity index (χ1v) is 5.67. The minimum absolute atomic E-state index is 0.0792. The first kappa shape index (κ1) is 11.7. The van der Waals surface area contributed by atoms with Gasteiger partial charge in [0.1, 0.15) is 5.75 Å². The van der Waals surface area contributed by atoms with Crippen molar-refractivity contribution >= 4 is 0 Å². The van der Waals surface area contributed by atoms with E-state index in [1.54, 1.807) is 6.07 Å². The van der Waals surface area contributed by atoms with Crippen LogP contribution in [0, 0.1) is 6.92 Å². The molecular weight excluding hydrogens is 214 g/mol. The van der Waals surface area contributed by atoms with Crippen molar-refractivity contribution in [3.05, 3.63) is 47.8 Å². The zero-order chi connectivity index (χ0) is 12.3. The van der Waals surface area contributed by atoms with Crippen LogP contribution in [0.3, 0.4) is 0 Å². The highest BCUT2D eigenvalue weighted by atomic mass is 16.3. The molecule has 1 atom stereocenters. The largest absolute Gasteiger partial charge is 0.508 e. The Hall–Kier alpha value is -1.81. The van der Waals surface area contributed by atoms with Gasteiger partial charge in [-0.15, -0.1) is 0 Å². The number of hydrogen-bond acceptors (Lipinski definition) is 3. The van der Waals surface area contributed by atoms with Crippen molar-refractivity contribution in [2.75, 3.05) is 6.54 Å². The third-order valence-electron chi connectivity index (χ3n) is 2.83. The molecule has 0 bridgehead atoms. The number of para-hydroxylation sites is 1. The molecule has 1 unspecified atom stereocenters. The topological polar surface area (TPSA) is 64.1 Å². The maximum Gasteiger partial charge on any atom is 0.119 e. The number of phenols is 1. The molecule has 1 aromatic carbocycles. The highest BCUT2D eigenvalue weighted by Gasteiger charge is 2.14. The molecule has 0 saturated heterocycles. The lowest BCUT2D eigenvalue weighted by molar-refractivity contribution is 0.447. The molecular formula is C13H17N3O. The summed E-state index contributed by atoms with van der Waals surface area (Å²) in [6.45, 7) is 3.17. The van der Waals surface area contributed by atoms with Crippen LogP contribution < -0.4 is 5.73 Å². The first-order valence-electron chi connectivity index (χ1n) is 5.67. The molecule has 0 aliphatic heterocycles. The molecule has 0 aliphatic carbocycles. The van der Waals surface area contributed by atoms with Gasteiger partial charge in [0.05, 0.1) is 6.20 Å². The molecule has 2 rings (SSSR count). The Morgan fingerprint density at radius 1 is 1.41 bits per heavy atom. The molecule has 0 saturated carbocycles. The van der Waals surface area contributed by atoms with Crippen molar-refractivity contribution in [1.82, 2.24) is 9.78 Å². The molecule has 17 heavy (non-hydrogen) atoms. The second-order valence-electron chi connectivity index (χ2n) is 4.23. The van der Waals surface area contributed by atoms with Gasteiger partial charge in [-0.2, -0.15) is 5.10 Å². The summed E-state index contributed by atoms with van der Waals surface area (Å²) < 4.78 is 1.86. The molecule has 0 fully saturated rings. The predicted molar refractivity (Wildman–Crippen MR) is 66.9 cm³/mol. The van der Waals surface area contributed by atoms with Gasteiger partial charge in [0, 0.05) is 30.8 Å². The molecule has 1 aromatic heterocycles. The van der Waals surface area contributed by atoms with Crippen molar-refractivity contribution in [2.24, 2.45) is 5.73 Å². The van der Waals surface area contributed by atoms with Gasteiger partial charge in [0.25, 0.3) is 0 Å². The fourth-order valence-electron chi connectivity index (χ4n) is 1.93. The summed E-state index contributed by atoms with van der Waals surface area (Å²) in [5, 5.41) is 14.0. The summed E-state index contributed by atoms with van der Waals surface area (Å²) in [5.41, 5.74) is 7.78. The highest BCUT2D eigenvalue weighted by Crippen LogP contribution is 2.25. The minimum atomic E-state index is 0.0792. The van der Waals surface area contributed by atoms with Crippen LogP contribution in [0.25, 0.3) is 0 Å². The van der Waals surface area contributed by atoms with E-state index in [0.717, 1.165) is 11.1 Å². The molecule has 0 aliphatic rings. The Balaban J connectivity index is 2.20. The fraction of sp³-hybridized carbons (Fsp3) is 0.308. The lowest BCUT2D eigenvalue weighted by Gasteiger charge is -2.16. The number of aromatic nitrogens is 2. The van der Waals surface area contributed by atoms with E-state index in [2.05, 4.69) is 5.10 Å². The highest BCUT2D eigenvalue weighted by molar-refractivity contribution is 5.35. The first-order chi connectivity index (χ1) is 8.20. The summed E-state index contributed by atoms with van der Waals surface area (Å²) in [5.74, 6) is 0.377. The maximum absolute atomic E-state index is 9.81. The lowest BCUT2D eigenvalue weighted by atomic mass is 9.98. The van der Waals surface area contributed by atoms with Crippen molar-refractivity contribution < 1.29 is 5.11 Å². The van der Waals surface area contributed by atoms with E-state index in [0.29, 0.717) is 18.8 Å². The molecule has 4 nitrogen and oxygen atoms in total. The van der Waals surface area contributed by atoms with Crippen LogP contribution >= 0.6 is 0 Å². The molecule has 3 N–H and O–H groups in total. The van der Waals surface area contributed by atoms with Gasteiger partial charge < -0.3 is 10.8 Å². The summed E-state index contributed by atoms with van der Waals surface area (Å²) in [6.07, 6.45) is 3.79. The molecule has 4 heteroatoms. The van der Waals surface area contributed by atoms with E-state index >= 15 is 0 Å². The van der Waals surface area contributed by atoms with E-state index in [9.17, 15) is 5.11 Å². The quantitative estimate of drug-likeness (QED) is 0.840. The average molecular weight is 231 g/mol. The van der Waals surface area contributed by atoms with Crippen LogP contribution in [-0.2, 0) is 6.54 Å². The van der Waals surface area contributed by atoms with E-state index in [1.165, 1.54) is 0 Å². The van der Waals surface area contributed by atoms with Crippen molar-refractivity contribution in [3.63, 3.8) is 0 Å². The van der Waals surface area contributed by atoms with E-state index in [4.69, 9.17) is 5.73 Å². The Kier molecular flexibility index (Phi) is 3.44. The number of aromatic hydroxyl groups is 1. The minimum Gasteiger partial charge on any atom is -0.508 e. The van der Waals surface area contributed by atoms with Gasteiger partial charge in [-0.1, -0.05) is 18.2 Å². The third kappa shape index (κ3) is 2.65. The second-order valence-corrected chi connectivity index (χ2v) is 4.23. The molecule has 1 heterocycles. The number of rotatable bonds is 4. The number of nitrogens with zero attached hydrogens (tertiary/aromatic N) is 2. The van der Waals surface area contributed by atoms with Crippen LogP contribution in [-0.4, -0.2) is 21.4 Å². The van der Waals surface area contributed by atoms with Crippen molar-refractivity contribution in [3.8, 4) is 5.75 Å². The molecule has 0 spiro atoms. The number of benzene rings is 1. The van der Waals surface area contributed by atoms with Gasteiger partial charge in [-0.25, -0.2) is 0 Å². The molecule has 2 aromatic rings. The summed E-state index contributed by atoms with van der Waals surface area (Å²) in [7, 11) is 0. The summed E-state index contributed by atoms with van der Waals surface area (Å²) in [4.78, 5) is 0. The number of hydrogen-bond donors (Lipinski definition) is 2. The Morgan fingerprint density at radius 2 is 2.18 bits per heavy atom. The smallest absolute Gasteiger partial charge is 0.119 e. The molecule has 90 valence electrons. The number of phenolic OH excluding ortho intramolecular Hbond substituents is 1. The van der Waals surface area contributed by atoms with E-state index in [1.807, 2.05) is 42.2 Å². The molecule has 0 amide bonds. The van der Waals surface area contributed by atoms with Gasteiger partial charge in [-0.05, 0) is 18.6 Å². The Morgan fingerprint density at radius 3 is 2.76 bits per heavy atom. The van der Waals surface area contributed by atoms with Crippen molar-refractivity contribution in [1.29, 1.82) is 0 Å². The van der Waals surface area contributed by atoms with Crippen LogP contribution in [0.1, 0.15) is 17.0 Å². The zero-order valence-corrected chi connectivity index (χ0v) is 9.87. The van der Waals surface area contributed by atoms with Crippen molar-refractivity contribution in [2.45, 2.75) is 19.4 Å². The van der Waals surface area contributed by atoms with E-state index < -0.39 is 0 Å². The number of aryl methyl sites for hydroxylation is 1. The van der Waals surface area contributed by atoms with Crippen LogP contribution in [0.4, 0.5) is 0 Å². The lowest BCUT2D eigenvalue weighted by Crippen LogP contribution is -2.18. The van der Waals surface area contributed by atoms with Gasteiger partial charge in [0.15, 0.2) is 0 Å². The van der Waals surface area contributed by atoms with Gasteiger partial charge >= 0.3 is 0 Å².